The molecule has 23 heavy (non-hydrogen) atoms. The van der Waals surface area contributed by atoms with Crippen LogP contribution in [0, 0.1) is 5.92 Å². The zero-order valence-electron chi connectivity index (χ0n) is 13.4. The van der Waals surface area contributed by atoms with Crippen LogP contribution in [0.15, 0.2) is 47.6 Å². The van der Waals surface area contributed by atoms with Crippen molar-refractivity contribution in [3.05, 3.63) is 42.5 Å². The van der Waals surface area contributed by atoms with Crippen molar-refractivity contribution in [2.45, 2.75) is 32.6 Å². The Morgan fingerprint density at radius 2 is 2.09 bits per heavy atom. The maximum atomic E-state index is 11.9. The lowest BCUT2D eigenvalue weighted by Gasteiger charge is -2.18. The van der Waals surface area contributed by atoms with Crippen LogP contribution in [-0.4, -0.2) is 18.2 Å². The molecule has 0 radical (unpaired) electrons. The van der Waals surface area contributed by atoms with Crippen LogP contribution >= 0.6 is 0 Å². The number of rotatable bonds is 4. The van der Waals surface area contributed by atoms with Crippen molar-refractivity contribution < 1.29 is 9.53 Å². The van der Waals surface area contributed by atoms with Crippen LogP contribution in [0.25, 0.3) is 10.8 Å². The van der Waals surface area contributed by atoms with E-state index in [-0.39, 0.29) is 12.5 Å². The zero-order valence-corrected chi connectivity index (χ0v) is 13.4. The number of benzene rings is 2. The molecule has 1 fully saturated rings. The Morgan fingerprint density at radius 3 is 2.91 bits per heavy atom. The highest BCUT2D eigenvalue weighted by Gasteiger charge is 2.14. The largest absolute Gasteiger partial charge is 0.484 e. The van der Waals surface area contributed by atoms with E-state index in [0.29, 0.717) is 11.7 Å². The molecule has 1 amide bonds. The van der Waals surface area contributed by atoms with Gasteiger partial charge in [0.05, 0.1) is 0 Å². The predicted octanol–water partition coefficient (Wildman–Crippen LogP) is 3.90. The lowest BCUT2D eigenvalue weighted by Crippen LogP contribution is -2.27. The maximum absolute atomic E-state index is 11.9. The first-order chi connectivity index (χ1) is 11.2. The van der Waals surface area contributed by atoms with Crippen molar-refractivity contribution in [1.29, 1.82) is 0 Å². The fourth-order valence-corrected chi connectivity index (χ4v) is 2.94. The van der Waals surface area contributed by atoms with E-state index in [1.165, 1.54) is 6.42 Å². The monoisotopic (exact) mass is 310 g/mol. The van der Waals surface area contributed by atoms with E-state index in [0.717, 1.165) is 35.7 Å². The second-order valence-corrected chi connectivity index (χ2v) is 6.21. The van der Waals surface area contributed by atoms with Crippen LogP contribution in [0.3, 0.4) is 0 Å². The van der Waals surface area contributed by atoms with E-state index in [1.54, 1.807) is 0 Å². The van der Waals surface area contributed by atoms with Crippen LogP contribution in [-0.2, 0) is 4.79 Å². The number of ether oxygens (including phenoxy) is 1. The molecule has 0 heterocycles. The molecule has 120 valence electrons. The van der Waals surface area contributed by atoms with Crippen molar-refractivity contribution in [2.75, 3.05) is 6.61 Å². The van der Waals surface area contributed by atoms with Crippen molar-refractivity contribution >= 4 is 22.4 Å². The average Bonchev–Trinajstić information content (AvgIpc) is 2.58. The number of hydrogen-bond donors (Lipinski definition) is 1. The van der Waals surface area contributed by atoms with E-state index in [4.69, 9.17) is 4.74 Å². The average molecular weight is 310 g/mol. The molecule has 0 saturated heterocycles. The highest BCUT2D eigenvalue weighted by atomic mass is 16.5. The normalized spacial score (nSPS) is 19.7. The van der Waals surface area contributed by atoms with Crippen molar-refractivity contribution in [3.8, 4) is 5.75 Å². The molecule has 4 heteroatoms. The fraction of sp³-hybridized carbons (Fsp3) is 0.368. The molecule has 0 spiro atoms. The molecule has 1 aliphatic carbocycles. The van der Waals surface area contributed by atoms with Crippen LogP contribution in [0.4, 0.5) is 0 Å². The van der Waals surface area contributed by atoms with E-state index in [1.807, 2.05) is 42.5 Å². The second kappa shape index (κ2) is 7.27. The molecule has 4 nitrogen and oxygen atoms in total. The SMILES string of the molecule is C[C@H]1CCC/C(=N\NC(=O)COc2ccc3ccccc3c2)C1. The van der Waals surface area contributed by atoms with Gasteiger partial charge in [0, 0.05) is 5.71 Å². The van der Waals surface area contributed by atoms with E-state index >= 15 is 0 Å². The summed E-state index contributed by atoms with van der Waals surface area (Å²) in [5, 5.41) is 6.49. The Labute approximate surface area is 136 Å². The summed E-state index contributed by atoms with van der Waals surface area (Å²) in [6.07, 6.45) is 4.36. The Balaban J connectivity index is 1.52. The van der Waals surface area contributed by atoms with Gasteiger partial charge in [0.25, 0.3) is 5.91 Å². The van der Waals surface area contributed by atoms with Gasteiger partial charge in [-0.1, -0.05) is 37.3 Å². The molecule has 2 aromatic carbocycles. The number of carbonyl (C=O) groups is 1. The van der Waals surface area contributed by atoms with Crippen molar-refractivity contribution in [3.63, 3.8) is 0 Å². The number of amides is 1. The predicted molar refractivity (Wildman–Crippen MR) is 92.7 cm³/mol. The standard InChI is InChI=1S/C19H22N2O2/c1-14-5-4-8-17(11-14)20-21-19(22)13-23-18-10-9-15-6-2-3-7-16(15)12-18/h2-3,6-7,9-10,12,14H,4-5,8,11,13H2,1H3,(H,21,22)/b20-17+/t14-/m0/s1. The first-order valence-electron chi connectivity index (χ1n) is 8.16. The molecule has 0 bridgehead atoms. The molecule has 1 N–H and O–H groups in total. The third kappa shape index (κ3) is 4.31. The minimum atomic E-state index is -0.219. The number of carbonyl (C=O) groups excluding carboxylic acids is 1. The minimum Gasteiger partial charge on any atom is -0.484 e. The first kappa shape index (κ1) is 15.5. The van der Waals surface area contributed by atoms with Gasteiger partial charge in [-0.15, -0.1) is 0 Å². The quantitative estimate of drug-likeness (QED) is 0.871. The van der Waals surface area contributed by atoms with Crippen LogP contribution in [0.1, 0.15) is 32.6 Å². The number of fused-ring (bicyclic) bond motifs is 1. The molecule has 0 unspecified atom stereocenters. The Morgan fingerprint density at radius 1 is 1.26 bits per heavy atom. The molecule has 0 aromatic heterocycles. The van der Waals surface area contributed by atoms with Gasteiger partial charge in [0.15, 0.2) is 6.61 Å². The van der Waals surface area contributed by atoms with Gasteiger partial charge in [-0.2, -0.15) is 5.10 Å². The molecule has 1 saturated carbocycles. The van der Waals surface area contributed by atoms with Gasteiger partial charge in [-0.05, 0) is 54.5 Å². The summed E-state index contributed by atoms with van der Waals surface area (Å²) in [4.78, 5) is 11.9. The van der Waals surface area contributed by atoms with Gasteiger partial charge in [-0.3, -0.25) is 4.79 Å². The highest BCUT2D eigenvalue weighted by molar-refractivity contribution is 5.87. The van der Waals surface area contributed by atoms with Crippen LogP contribution in [0.5, 0.6) is 5.75 Å². The van der Waals surface area contributed by atoms with Crippen LogP contribution in [0.2, 0.25) is 0 Å². The molecule has 1 atom stereocenters. The number of hydrazone groups is 1. The Bertz CT molecular complexity index is 724. The van der Waals surface area contributed by atoms with Gasteiger partial charge in [0.2, 0.25) is 0 Å². The third-order valence-electron chi connectivity index (χ3n) is 4.18. The van der Waals surface area contributed by atoms with E-state index < -0.39 is 0 Å². The summed E-state index contributed by atoms with van der Waals surface area (Å²) in [5.41, 5.74) is 3.69. The number of nitrogens with zero attached hydrogens (tertiary/aromatic N) is 1. The fourth-order valence-electron chi connectivity index (χ4n) is 2.94. The summed E-state index contributed by atoms with van der Waals surface area (Å²) in [6.45, 7) is 2.20. The van der Waals surface area contributed by atoms with Crippen molar-refractivity contribution in [1.82, 2.24) is 5.43 Å². The van der Waals surface area contributed by atoms with Gasteiger partial charge in [-0.25, -0.2) is 5.43 Å². The maximum Gasteiger partial charge on any atom is 0.277 e. The van der Waals surface area contributed by atoms with Gasteiger partial charge < -0.3 is 4.74 Å². The smallest absolute Gasteiger partial charge is 0.277 e. The summed E-state index contributed by atoms with van der Waals surface area (Å²) >= 11 is 0. The summed E-state index contributed by atoms with van der Waals surface area (Å²) in [5.74, 6) is 1.13. The Hall–Kier alpha value is -2.36. The van der Waals surface area contributed by atoms with Gasteiger partial charge >= 0.3 is 0 Å². The van der Waals surface area contributed by atoms with Gasteiger partial charge in [0.1, 0.15) is 5.75 Å². The number of hydrogen-bond acceptors (Lipinski definition) is 3. The molecule has 1 aliphatic rings. The second-order valence-electron chi connectivity index (χ2n) is 6.21. The lowest BCUT2D eigenvalue weighted by atomic mass is 9.89. The summed E-state index contributed by atoms with van der Waals surface area (Å²) < 4.78 is 5.56. The molecule has 3 rings (SSSR count). The van der Waals surface area contributed by atoms with Crippen LogP contribution < -0.4 is 10.2 Å². The minimum absolute atomic E-state index is 0.0231. The molecule has 2 aromatic rings. The molecular formula is C19H22N2O2. The first-order valence-corrected chi connectivity index (χ1v) is 8.16. The molecular weight excluding hydrogens is 288 g/mol. The van der Waals surface area contributed by atoms with E-state index in [9.17, 15) is 4.79 Å². The topological polar surface area (TPSA) is 50.7 Å². The lowest BCUT2D eigenvalue weighted by molar-refractivity contribution is -0.123. The zero-order chi connectivity index (χ0) is 16.1. The summed E-state index contributed by atoms with van der Waals surface area (Å²) in [7, 11) is 0. The Kier molecular flexibility index (Phi) is 4.91. The van der Waals surface area contributed by atoms with E-state index in [2.05, 4.69) is 17.5 Å². The number of nitrogens with one attached hydrogen (secondary N) is 1. The highest BCUT2D eigenvalue weighted by Crippen LogP contribution is 2.21. The van der Waals surface area contributed by atoms with Crippen molar-refractivity contribution in [2.24, 2.45) is 11.0 Å². The molecule has 0 aliphatic heterocycles. The summed E-state index contributed by atoms with van der Waals surface area (Å²) in [6, 6.07) is 13.9. The third-order valence-corrected chi connectivity index (χ3v) is 4.18.